The van der Waals surface area contributed by atoms with E-state index in [1.54, 1.807) is 6.92 Å². The van der Waals surface area contributed by atoms with Crippen LogP contribution in [0.1, 0.15) is 60.8 Å². The van der Waals surface area contributed by atoms with Gasteiger partial charge in [-0.25, -0.2) is 4.79 Å². The van der Waals surface area contributed by atoms with Crippen LogP contribution in [0.15, 0.2) is 12.2 Å². The summed E-state index contributed by atoms with van der Waals surface area (Å²) in [5, 5.41) is 0. The molecule has 2 aliphatic carbocycles. The lowest BCUT2D eigenvalue weighted by Crippen LogP contribution is -2.45. The number of carbonyl (C=O) groups is 1. The molecule has 0 aromatic rings. The number of hydrogen-bond acceptors (Lipinski definition) is 3. The summed E-state index contributed by atoms with van der Waals surface area (Å²) >= 11 is 0. The normalized spacial score (nSPS) is 32.0. The first-order valence-electron chi connectivity index (χ1n) is 8.05. The van der Waals surface area contributed by atoms with Crippen LogP contribution in [0.2, 0.25) is 0 Å². The number of carbonyl (C=O) groups excluding carboxylic acids is 1. The van der Waals surface area contributed by atoms with Crippen LogP contribution < -0.4 is 0 Å². The molecule has 3 heteroatoms. The van der Waals surface area contributed by atoms with Crippen molar-refractivity contribution < 1.29 is 14.3 Å². The minimum atomic E-state index is -0.523. The van der Waals surface area contributed by atoms with Crippen LogP contribution in [0.3, 0.4) is 0 Å². The second-order valence-electron chi connectivity index (χ2n) is 8.53. The minimum Gasteiger partial charge on any atom is -0.432 e. The van der Waals surface area contributed by atoms with Crippen LogP contribution in [-0.4, -0.2) is 18.4 Å². The van der Waals surface area contributed by atoms with Crippen LogP contribution in [0, 0.1) is 22.7 Å². The van der Waals surface area contributed by atoms with E-state index in [1.165, 1.54) is 19.3 Å². The maximum absolute atomic E-state index is 11.9. The van der Waals surface area contributed by atoms with Crippen LogP contribution in [0.5, 0.6) is 0 Å². The predicted molar refractivity (Wildman–Crippen MR) is 83.6 cm³/mol. The van der Waals surface area contributed by atoms with Crippen molar-refractivity contribution >= 4 is 5.97 Å². The number of hydrogen-bond donors (Lipinski definition) is 0. The standard InChI is InChI=1S/C18H30O3/c1-11(2)15(19)21-16(17(3,4)5)20-14-12-8-9-13(10-12)18(14,6)7/h12-14,16H,1,8-10H2,2-7H3. The number of fused-ring (bicyclic) bond motifs is 2. The second kappa shape index (κ2) is 5.42. The third-order valence-corrected chi connectivity index (χ3v) is 5.23. The first kappa shape index (κ1) is 16.5. The molecule has 3 nitrogen and oxygen atoms in total. The molecule has 0 radical (unpaired) electrons. The van der Waals surface area contributed by atoms with Crippen molar-refractivity contribution in [3.05, 3.63) is 12.2 Å². The zero-order valence-corrected chi connectivity index (χ0v) is 14.4. The van der Waals surface area contributed by atoms with Gasteiger partial charge >= 0.3 is 5.97 Å². The van der Waals surface area contributed by atoms with Crippen LogP contribution >= 0.6 is 0 Å². The van der Waals surface area contributed by atoms with Gasteiger partial charge in [-0.3, -0.25) is 0 Å². The molecule has 120 valence electrons. The molecule has 0 N–H and O–H groups in total. The first-order chi connectivity index (χ1) is 9.53. The predicted octanol–water partition coefficient (Wildman–Crippen LogP) is 4.32. The van der Waals surface area contributed by atoms with E-state index in [9.17, 15) is 4.79 Å². The number of esters is 1. The summed E-state index contributed by atoms with van der Waals surface area (Å²) in [6, 6.07) is 0. The molecule has 2 saturated carbocycles. The van der Waals surface area contributed by atoms with Gasteiger partial charge in [0, 0.05) is 11.0 Å². The Labute approximate surface area is 129 Å². The smallest absolute Gasteiger partial charge is 0.335 e. The molecule has 2 bridgehead atoms. The van der Waals surface area contributed by atoms with E-state index in [-0.39, 0.29) is 22.9 Å². The maximum Gasteiger partial charge on any atom is 0.335 e. The molecule has 2 aliphatic rings. The molecule has 4 atom stereocenters. The molecule has 0 aromatic carbocycles. The number of ether oxygens (including phenoxy) is 2. The zero-order chi connectivity index (χ0) is 16.0. The summed E-state index contributed by atoms with van der Waals surface area (Å²) < 4.78 is 11.9. The largest absolute Gasteiger partial charge is 0.432 e. The van der Waals surface area contributed by atoms with Crippen LogP contribution in [0.25, 0.3) is 0 Å². The third-order valence-electron chi connectivity index (χ3n) is 5.23. The van der Waals surface area contributed by atoms with E-state index in [4.69, 9.17) is 9.47 Å². The minimum absolute atomic E-state index is 0.169. The van der Waals surface area contributed by atoms with Gasteiger partial charge in [-0.15, -0.1) is 0 Å². The van der Waals surface area contributed by atoms with Crippen molar-refractivity contribution in [2.75, 3.05) is 0 Å². The Kier molecular flexibility index (Phi) is 4.27. The molecule has 2 fully saturated rings. The Morgan fingerprint density at radius 3 is 2.33 bits per heavy atom. The van der Waals surface area contributed by atoms with E-state index in [1.807, 2.05) is 20.8 Å². The van der Waals surface area contributed by atoms with Gasteiger partial charge in [0.05, 0.1) is 6.10 Å². The van der Waals surface area contributed by atoms with Crippen molar-refractivity contribution in [3.63, 3.8) is 0 Å². The lowest BCUT2D eigenvalue weighted by molar-refractivity contribution is -0.236. The molecule has 0 spiro atoms. The molecule has 0 aliphatic heterocycles. The molecule has 4 unspecified atom stereocenters. The van der Waals surface area contributed by atoms with E-state index in [0.29, 0.717) is 11.5 Å². The van der Waals surface area contributed by atoms with Crippen molar-refractivity contribution in [2.45, 2.75) is 73.2 Å². The Morgan fingerprint density at radius 1 is 1.29 bits per heavy atom. The highest BCUT2D eigenvalue weighted by atomic mass is 16.7. The monoisotopic (exact) mass is 294 g/mol. The average Bonchev–Trinajstić information content (AvgIpc) is 2.88. The van der Waals surface area contributed by atoms with Gasteiger partial charge in [0.2, 0.25) is 6.29 Å². The molecule has 0 heterocycles. The van der Waals surface area contributed by atoms with E-state index >= 15 is 0 Å². The van der Waals surface area contributed by atoms with Crippen LogP contribution in [0.4, 0.5) is 0 Å². The fourth-order valence-electron chi connectivity index (χ4n) is 3.83. The van der Waals surface area contributed by atoms with Crippen molar-refractivity contribution in [1.82, 2.24) is 0 Å². The molecule has 21 heavy (non-hydrogen) atoms. The van der Waals surface area contributed by atoms with Gasteiger partial charge in [0.25, 0.3) is 0 Å². The lowest BCUT2D eigenvalue weighted by atomic mass is 9.74. The Morgan fingerprint density at radius 2 is 1.90 bits per heavy atom. The summed E-state index contributed by atoms with van der Waals surface area (Å²) in [5.41, 5.74) is 0.338. The van der Waals surface area contributed by atoms with Crippen molar-refractivity contribution in [3.8, 4) is 0 Å². The molecule has 0 saturated heterocycles. The van der Waals surface area contributed by atoms with Crippen LogP contribution in [-0.2, 0) is 14.3 Å². The highest BCUT2D eigenvalue weighted by Crippen LogP contribution is 2.57. The zero-order valence-electron chi connectivity index (χ0n) is 14.4. The topological polar surface area (TPSA) is 35.5 Å². The van der Waals surface area contributed by atoms with Gasteiger partial charge in [-0.05, 0) is 43.4 Å². The molecule has 2 rings (SSSR count). The Balaban J connectivity index is 2.12. The number of rotatable bonds is 4. The van der Waals surface area contributed by atoms with Gasteiger partial charge in [-0.2, -0.15) is 0 Å². The fourth-order valence-corrected chi connectivity index (χ4v) is 3.83. The van der Waals surface area contributed by atoms with E-state index in [0.717, 1.165) is 5.92 Å². The Bertz CT molecular complexity index is 430. The van der Waals surface area contributed by atoms with Gasteiger partial charge in [0.15, 0.2) is 0 Å². The molecular weight excluding hydrogens is 264 g/mol. The summed E-state index contributed by atoms with van der Waals surface area (Å²) in [5.74, 6) is 0.985. The highest BCUT2D eigenvalue weighted by Gasteiger charge is 2.55. The van der Waals surface area contributed by atoms with E-state index < -0.39 is 6.29 Å². The maximum atomic E-state index is 11.9. The van der Waals surface area contributed by atoms with Gasteiger partial charge in [0.1, 0.15) is 0 Å². The molecular formula is C18H30O3. The summed E-state index contributed by atoms with van der Waals surface area (Å²) in [7, 11) is 0. The summed E-state index contributed by atoms with van der Waals surface area (Å²) in [6.45, 7) is 16.1. The highest BCUT2D eigenvalue weighted by molar-refractivity contribution is 5.87. The summed E-state index contributed by atoms with van der Waals surface area (Å²) in [4.78, 5) is 11.9. The van der Waals surface area contributed by atoms with Gasteiger partial charge < -0.3 is 9.47 Å². The molecule has 0 amide bonds. The van der Waals surface area contributed by atoms with E-state index in [2.05, 4.69) is 20.4 Å². The van der Waals surface area contributed by atoms with Crippen molar-refractivity contribution in [2.24, 2.45) is 22.7 Å². The Hall–Kier alpha value is -0.830. The van der Waals surface area contributed by atoms with Gasteiger partial charge in [-0.1, -0.05) is 41.2 Å². The SMILES string of the molecule is C=C(C)C(=O)OC(OC1C2CCC(C2)C1(C)C)C(C)(C)C. The average molecular weight is 294 g/mol. The fraction of sp³-hybridized carbons (Fsp3) is 0.833. The summed E-state index contributed by atoms with van der Waals surface area (Å²) in [6.07, 6.45) is 3.46. The lowest BCUT2D eigenvalue weighted by Gasteiger charge is -2.42. The van der Waals surface area contributed by atoms with Crippen molar-refractivity contribution in [1.29, 1.82) is 0 Å². The third kappa shape index (κ3) is 3.18. The second-order valence-corrected chi connectivity index (χ2v) is 8.53. The quantitative estimate of drug-likeness (QED) is 0.440. The molecule has 0 aromatic heterocycles. The first-order valence-corrected chi connectivity index (χ1v) is 8.05.